The van der Waals surface area contributed by atoms with Crippen LogP contribution >= 0.6 is 0 Å². The van der Waals surface area contributed by atoms with Crippen molar-refractivity contribution in [1.29, 1.82) is 0 Å². The Kier molecular flexibility index (Phi) is 5.35. The van der Waals surface area contributed by atoms with Gasteiger partial charge in [-0.3, -0.25) is 4.79 Å². The third-order valence-electron chi connectivity index (χ3n) is 2.63. The number of ether oxygens (including phenoxy) is 1. The molecule has 1 amide bonds. The molecule has 0 aliphatic carbocycles. The first-order valence-electron chi connectivity index (χ1n) is 5.82. The van der Waals surface area contributed by atoms with Crippen LogP contribution in [0.3, 0.4) is 0 Å². The lowest BCUT2D eigenvalue weighted by Gasteiger charge is -2.26. The molecule has 0 N–H and O–H groups in total. The summed E-state index contributed by atoms with van der Waals surface area (Å²) in [5.41, 5.74) is 0.538. The van der Waals surface area contributed by atoms with Crippen LogP contribution in [0.5, 0.6) is 0 Å². The first kappa shape index (κ1) is 15.5. The lowest BCUT2D eigenvalue weighted by atomic mass is 10.1. The summed E-state index contributed by atoms with van der Waals surface area (Å²) in [6.45, 7) is 0.210. The van der Waals surface area contributed by atoms with E-state index in [0.717, 1.165) is 4.90 Å². The number of amides is 1. The first-order chi connectivity index (χ1) is 8.89. The van der Waals surface area contributed by atoms with Crippen molar-refractivity contribution in [3.8, 4) is 0 Å². The van der Waals surface area contributed by atoms with Crippen LogP contribution in [-0.4, -0.2) is 37.2 Å². The predicted molar refractivity (Wildman–Crippen MR) is 64.5 cm³/mol. The van der Waals surface area contributed by atoms with Gasteiger partial charge >= 0.3 is 6.18 Å². The fourth-order valence-electron chi connectivity index (χ4n) is 1.74. The third kappa shape index (κ3) is 4.55. The Morgan fingerprint density at radius 2 is 1.89 bits per heavy atom. The zero-order valence-corrected chi connectivity index (χ0v) is 10.8. The van der Waals surface area contributed by atoms with Gasteiger partial charge in [-0.1, -0.05) is 30.3 Å². The second-order valence-electron chi connectivity index (χ2n) is 3.99. The lowest BCUT2D eigenvalue weighted by Crippen LogP contribution is -2.41. The minimum atomic E-state index is -4.42. The van der Waals surface area contributed by atoms with Crippen molar-refractivity contribution in [2.24, 2.45) is 0 Å². The fourth-order valence-corrected chi connectivity index (χ4v) is 1.74. The summed E-state index contributed by atoms with van der Waals surface area (Å²) in [5.74, 6) is -0.687. The minimum absolute atomic E-state index is 0.0228. The van der Waals surface area contributed by atoms with Gasteiger partial charge in [-0.25, -0.2) is 0 Å². The van der Waals surface area contributed by atoms with Gasteiger partial charge in [0.15, 0.2) is 6.10 Å². The lowest BCUT2D eigenvalue weighted by molar-refractivity contribution is -0.167. The van der Waals surface area contributed by atoms with Crippen LogP contribution in [0.4, 0.5) is 13.2 Å². The van der Waals surface area contributed by atoms with Gasteiger partial charge in [-0.15, -0.1) is 0 Å². The van der Waals surface area contributed by atoms with Gasteiger partial charge in [-0.05, 0) is 12.5 Å². The number of benzene rings is 1. The summed E-state index contributed by atoms with van der Waals surface area (Å²) >= 11 is 0. The summed E-state index contributed by atoms with van der Waals surface area (Å²) < 4.78 is 42.2. The maximum Gasteiger partial charge on any atom is 0.406 e. The molecular formula is C13H16F3NO2. The average Bonchev–Trinajstić information content (AvgIpc) is 2.37. The van der Waals surface area contributed by atoms with E-state index in [4.69, 9.17) is 4.74 Å². The van der Waals surface area contributed by atoms with E-state index in [2.05, 4.69) is 0 Å². The number of carbonyl (C=O) groups is 1. The number of alkyl halides is 3. The second-order valence-corrected chi connectivity index (χ2v) is 3.99. The SMILES string of the molecule is CCN(CC(F)(F)F)C(=O)C(OC)c1ccccc1. The Labute approximate surface area is 110 Å². The Balaban J connectivity index is 2.88. The molecule has 0 aromatic heterocycles. The molecule has 3 nitrogen and oxygen atoms in total. The van der Waals surface area contributed by atoms with Crippen LogP contribution in [0.15, 0.2) is 30.3 Å². The Hall–Kier alpha value is -1.56. The number of rotatable bonds is 5. The largest absolute Gasteiger partial charge is 0.406 e. The average molecular weight is 275 g/mol. The molecule has 1 aromatic rings. The molecule has 0 saturated heterocycles. The van der Waals surface area contributed by atoms with E-state index in [1.165, 1.54) is 14.0 Å². The van der Waals surface area contributed by atoms with Gasteiger partial charge in [0, 0.05) is 13.7 Å². The van der Waals surface area contributed by atoms with E-state index < -0.39 is 24.7 Å². The van der Waals surface area contributed by atoms with Crippen molar-refractivity contribution < 1.29 is 22.7 Å². The van der Waals surface area contributed by atoms with Gasteiger partial charge in [-0.2, -0.15) is 13.2 Å². The summed E-state index contributed by atoms with van der Waals surface area (Å²) in [4.78, 5) is 12.8. The van der Waals surface area contributed by atoms with Crippen molar-refractivity contribution in [2.45, 2.75) is 19.2 Å². The molecule has 19 heavy (non-hydrogen) atoms. The van der Waals surface area contributed by atoms with Crippen LogP contribution < -0.4 is 0 Å². The van der Waals surface area contributed by atoms with Crippen LogP contribution in [0.2, 0.25) is 0 Å². The van der Waals surface area contributed by atoms with Crippen LogP contribution in [0.25, 0.3) is 0 Å². The van der Waals surface area contributed by atoms with E-state index >= 15 is 0 Å². The zero-order chi connectivity index (χ0) is 14.5. The molecule has 1 aromatic carbocycles. The molecule has 0 aliphatic heterocycles. The van der Waals surface area contributed by atoms with E-state index in [-0.39, 0.29) is 6.54 Å². The first-order valence-corrected chi connectivity index (χ1v) is 5.82. The fraction of sp³-hybridized carbons (Fsp3) is 0.462. The van der Waals surface area contributed by atoms with E-state index in [9.17, 15) is 18.0 Å². The monoisotopic (exact) mass is 275 g/mol. The highest BCUT2D eigenvalue weighted by molar-refractivity contribution is 5.82. The summed E-state index contributed by atoms with van der Waals surface area (Å²) in [5, 5.41) is 0. The Morgan fingerprint density at radius 1 is 1.32 bits per heavy atom. The maximum absolute atomic E-state index is 12.4. The number of hydrogen-bond donors (Lipinski definition) is 0. The van der Waals surface area contributed by atoms with Crippen molar-refractivity contribution in [3.05, 3.63) is 35.9 Å². The van der Waals surface area contributed by atoms with E-state index in [0.29, 0.717) is 5.56 Å². The van der Waals surface area contributed by atoms with Crippen molar-refractivity contribution in [1.82, 2.24) is 4.90 Å². The molecular weight excluding hydrogens is 259 g/mol. The number of likely N-dealkylation sites (N-methyl/N-ethyl adjacent to an activating group) is 1. The normalized spacial score (nSPS) is 13.1. The molecule has 0 radical (unpaired) electrons. The van der Waals surface area contributed by atoms with Crippen molar-refractivity contribution >= 4 is 5.91 Å². The minimum Gasteiger partial charge on any atom is -0.367 e. The second kappa shape index (κ2) is 6.56. The summed E-state index contributed by atoms with van der Waals surface area (Å²) in [6, 6.07) is 8.46. The maximum atomic E-state index is 12.4. The summed E-state index contributed by atoms with van der Waals surface area (Å²) in [6.07, 6.45) is -5.43. The topological polar surface area (TPSA) is 29.5 Å². The van der Waals surface area contributed by atoms with Crippen molar-refractivity contribution in [3.63, 3.8) is 0 Å². The van der Waals surface area contributed by atoms with Gasteiger partial charge in [0.05, 0.1) is 0 Å². The molecule has 6 heteroatoms. The standard InChI is InChI=1S/C13H16F3NO2/c1-3-17(9-13(14,15)16)12(18)11(19-2)10-7-5-4-6-8-10/h4-8,11H,3,9H2,1-2H3. The highest BCUT2D eigenvalue weighted by Gasteiger charge is 2.35. The summed E-state index contributed by atoms with van der Waals surface area (Å²) in [7, 11) is 1.30. The van der Waals surface area contributed by atoms with Gasteiger partial charge in [0.2, 0.25) is 0 Å². The Morgan fingerprint density at radius 3 is 2.32 bits per heavy atom. The quantitative estimate of drug-likeness (QED) is 0.827. The molecule has 0 aliphatic rings. The predicted octanol–water partition coefficient (Wildman–Crippen LogP) is 2.78. The van der Waals surface area contributed by atoms with Crippen LogP contribution in [0.1, 0.15) is 18.6 Å². The molecule has 0 heterocycles. The van der Waals surface area contributed by atoms with E-state index in [1.807, 2.05) is 0 Å². The molecule has 0 bridgehead atoms. The highest BCUT2D eigenvalue weighted by Crippen LogP contribution is 2.22. The zero-order valence-electron chi connectivity index (χ0n) is 10.8. The van der Waals surface area contributed by atoms with Crippen LogP contribution in [-0.2, 0) is 9.53 Å². The molecule has 1 atom stereocenters. The van der Waals surface area contributed by atoms with Crippen molar-refractivity contribution in [2.75, 3.05) is 20.2 Å². The smallest absolute Gasteiger partial charge is 0.367 e. The van der Waals surface area contributed by atoms with Crippen LogP contribution in [0, 0.1) is 0 Å². The van der Waals surface area contributed by atoms with Gasteiger partial charge in [0.1, 0.15) is 6.54 Å². The number of hydrogen-bond acceptors (Lipinski definition) is 2. The van der Waals surface area contributed by atoms with Gasteiger partial charge in [0.25, 0.3) is 5.91 Å². The molecule has 1 rings (SSSR count). The molecule has 1 unspecified atom stereocenters. The number of nitrogens with zero attached hydrogens (tertiary/aromatic N) is 1. The number of carbonyl (C=O) groups excluding carboxylic acids is 1. The molecule has 0 spiro atoms. The molecule has 0 saturated carbocycles. The van der Waals surface area contributed by atoms with E-state index in [1.54, 1.807) is 30.3 Å². The number of halogens is 3. The highest BCUT2D eigenvalue weighted by atomic mass is 19.4. The van der Waals surface area contributed by atoms with Gasteiger partial charge < -0.3 is 9.64 Å². The molecule has 106 valence electrons. The Bertz CT molecular complexity index is 406. The third-order valence-corrected chi connectivity index (χ3v) is 2.63. The number of methoxy groups -OCH3 is 1. The molecule has 0 fully saturated rings.